The van der Waals surface area contributed by atoms with E-state index in [0.717, 1.165) is 30.4 Å². The van der Waals surface area contributed by atoms with Gasteiger partial charge in [-0.2, -0.15) is 0 Å². The molecule has 1 atom stereocenters. The zero-order chi connectivity index (χ0) is 16.7. The normalized spacial score (nSPS) is 12.3. The third-order valence-corrected chi connectivity index (χ3v) is 4.14. The maximum absolute atomic E-state index is 10.5. The first-order valence-corrected chi connectivity index (χ1v) is 8.65. The van der Waals surface area contributed by atoms with Crippen molar-refractivity contribution < 1.29 is 10.2 Å². The fraction of sp³-hybridized carbons (Fsp3) is 0.429. The molecule has 2 rings (SSSR count). The Balaban J connectivity index is 2.27. The lowest BCUT2D eigenvalue weighted by Crippen LogP contribution is -2.06. The van der Waals surface area contributed by atoms with Crippen LogP contribution in [-0.4, -0.2) is 16.3 Å². The summed E-state index contributed by atoms with van der Waals surface area (Å²) in [5.41, 5.74) is 4.35. The van der Waals surface area contributed by atoms with Crippen LogP contribution in [0.4, 0.5) is 0 Å². The zero-order valence-corrected chi connectivity index (χ0v) is 14.3. The van der Waals surface area contributed by atoms with Gasteiger partial charge in [0.1, 0.15) is 5.75 Å². The van der Waals surface area contributed by atoms with E-state index in [1.54, 1.807) is 6.92 Å². The molecule has 0 bridgehead atoms. The van der Waals surface area contributed by atoms with Crippen molar-refractivity contribution in [3.63, 3.8) is 0 Å². The van der Waals surface area contributed by atoms with E-state index in [4.69, 9.17) is 0 Å². The van der Waals surface area contributed by atoms with Gasteiger partial charge in [0, 0.05) is 6.42 Å². The van der Waals surface area contributed by atoms with Gasteiger partial charge in [-0.1, -0.05) is 62.2 Å². The van der Waals surface area contributed by atoms with Gasteiger partial charge in [0.2, 0.25) is 0 Å². The molecule has 2 heteroatoms. The van der Waals surface area contributed by atoms with Crippen LogP contribution in [0, 0.1) is 0 Å². The molecular weight excluding hydrogens is 284 g/mol. The van der Waals surface area contributed by atoms with Gasteiger partial charge in [-0.15, -0.1) is 0 Å². The van der Waals surface area contributed by atoms with Crippen molar-refractivity contribution in [2.75, 3.05) is 0 Å². The zero-order valence-electron chi connectivity index (χ0n) is 14.3. The Labute approximate surface area is 139 Å². The van der Waals surface area contributed by atoms with E-state index in [1.807, 2.05) is 12.1 Å². The lowest BCUT2D eigenvalue weighted by molar-refractivity contribution is 0.194. The van der Waals surface area contributed by atoms with E-state index in [9.17, 15) is 10.2 Å². The molecule has 2 aromatic carbocycles. The SMILES string of the molecule is CCCCCc1cc(Cc2ccccc2)cc(CC(C)O)c1O. The number of rotatable bonds is 8. The van der Waals surface area contributed by atoms with E-state index in [2.05, 4.69) is 37.3 Å². The molecule has 1 unspecified atom stereocenters. The Hall–Kier alpha value is -1.80. The Kier molecular flexibility index (Phi) is 6.66. The van der Waals surface area contributed by atoms with Gasteiger partial charge in [0.15, 0.2) is 0 Å². The molecular formula is C21H28O2. The summed E-state index contributed by atoms with van der Waals surface area (Å²) in [6.45, 7) is 3.95. The number of phenols is 1. The molecule has 0 heterocycles. The first-order chi connectivity index (χ1) is 11.1. The summed E-state index contributed by atoms with van der Waals surface area (Å²) in [5, 5.41) is 20.2. The lowest BCUT2D eigenvalue weighted by atomic mass is 9.94. The van der Waals surface area contributed by atoms with Crippen molar-refractivity contribution in [3.05, 3.63) is 64.7 Å². The van der Waals surface area contributed by atoms with Gasteiger partial charge in [-0.05, 0) is 48.4 Å². The molecule has 0 fully saturated rings. The molecule has 0 aliphatic rings. The Morgan fingerprint density at radius 1 is 0.957 bits per heavy atom. The fourth-order valence-electron chi connectivity index (χ4n) is 3.00. The van der Waals surface area contributed by atoms with Crippen molar-refractivity contribution in [2.45, 2.75) is 58.5 Å². The van der Waals surface area contributed by atoms with Crippen molar-refractivity contribution in [2.24, 2.45) is 0 Å². The Morgan fingerprint density at radius 2 is 1.65 bits per heavy atom. The topological polar surface area (TPSA) is 40.5 Å². The summed E-state index contributed by atoms with van der Waals surface area (Å²) in [5.74, 6) is 0.374. The number of hydrogen-bond acceptors (Lipinski definition) is 2. The Morgan fingerprint density at radius 3 is 2.30 bits per heavy atom. The molecule has 0 spiro atoms. The third-order valence-electron chi connectivity index (χ3n) is 4.14. The molecule has 2 aromatic rings. The van der Waals surface area contributed by atoms with Crippen LogP contribution in [0.15, 0.2) is 42.5 Å². The molecule has 0 saturated carbocycles. The number of aromatic hydroxyl groups is 1. The van der Waals surface area contributed by atoms with Crippen molar-refractivity contribution in [1.82, 2.24) is 0 Å². The van der Waals surface area contributed by atoms with E-state index < -0.39 is 6.10 Å². The van der Waals surface area contributed by atoms with Gasteiger partial charge in [0.05, 0.1) is 6.10 Å². The minimum absolute atomic E-state index is 0.374. The minimum atomic E-state index is -0.448. The average Bonchev–Trinajstić information content (AvgIpc) is 2.52. The maximum Gasteiger partial charge on any atom is 0.122 e. The first kappa shape index (κ1) is 17.6. The van der Waals surface area contributed by atoms with Gasteiger partial charge in [0.25, 0.3) is 0 Å². The highest BCUT2D eigenvalue weighted by atomic mass is 16.3. The number of aliphatic hydroxyl groups excluding tert-OH is 1. The smallest absolute Gasteiger partial charge is 0.122 e. The van der Waals surface area contributed by atoms with Crippen LogP contribution >= 0.6 is 0 Å². The van der Waals surface area contributed by atoms with Crippen LogP contribution in [0.1, 0.15) is 55.4 Å². The number of aryl methyl sites for hydroxylation is 1. The number of phenolic OH excluding ortho intramolecular Hbond substituents is 1. The minimum Gasteiger partial charge on any atom is -0.507 e. The summed E-state index contributed by atoms with van der Waals surface area (Å²) in [4.78, 5) is 0. The van der Waals surface area contributed by atoms with Crippen molar-refractivity contribution >= 4 is 0 Å². The van der Waals surface area contributed by atoms with Crippen molar-refractivity contribution in [1.29, 1.82) is 0 Å². The van der Waals surface area contributed by atoms with Gasteiger partial charge < -0.3 is 10.2 Å². The van der Waals surface area contributed by atoms with Crippen LogP contribution in [0.2, 0.25) is 0 Å². The maximum atomic E-state index is 10.5. The predicted octanol–water partition coefficient (Wildman–Crippen LogP) is 4.64. The van der Waals surface area contributed by atoms with Crippen LogP contribution in [-0.2, 0) is 19.3 Å². The summed E-state index contributed by atoms with van der Waals surface area (Å²) < 4.78 is 0. The van der Waals surface area contributed by atoms with Gasteiger partial charge >= 0.3 is 0 Å². The molecule has 2 nitrogen and oxygen atoms in total. The summed E-state index contributed by atoms with van der Waals surface area (Å²) in [7, 11) is 0. The van der Waals surface area contributed by atoms with E-state index in [1.165, 1.54) is 24.0 Å². The second-order valence-electron chi connectivity index (χ2n) is 6.44. The second kappa shape index (κ2) is 8.73. The number of aliphatic hydroxyl groups is 1. The largest absolute Gasteiger partial charge is 0.507 e. The first-order valence-electron chi connectivity index (χ1n) is 8.65. The van der Waals surface area contributed by atoms with Gasteiger partial charge in [-0.25, -0.2) is 0 Å². The number of hydrogen-bond donors (Lipinski definition) is 2. The molecule has 0 aliphatic heterocycles. The second-order valence-corrected chi connectivity index (χ2v) is 6.44. The highest BCUT2D eigenvalue weighted by Gasteiger charge is 2.12. The summed E-state index contributed by atoms with van der Waals surface area (Å²) in [6, 6.07) is 14.5. The monoisotopic (exact) mass is 312 g/mol. The molecule has 124 valence electrons. The predicted molar refractivity (Wildman–Crippen MR) is 96.0 cm³/mol. The standard InChI is InChI=1S/C21H28O2/c1-3-4-6-11-19-14-18(13-17-9-7-5-8-10-17)15-20(21(19)23)12-16(2)22/h5,7-10,14-16,22-23H,3-4,6,11-13H2,1-2H3. The average molecular weight is 312 g/mol. The number of unbranched alkanes of at least 4 members (excludes halogenated alkanes) is 2. The molecule has 2 N–H and O–H groups in total. The van der Waals surface area contributed by atoms with E-state index in [-0.39, 0.29) is 0 Å². The molecule has 0 saturated heterocycles. The third kappa shape index (κ3) is 5.40. The van der Waals surface area contributed by atoms with E-state index in [0.29, 0.717) is 12.2 Å². The number of benzene rings is 2. The fourth-order valence-corrected chi connectivity index (χ4v) is 3.00. The van der Waals surface area contributed by atoms with Crippen molar-refractivity contribution in [3.8, 4) is 5.75 Å². The van der Waals surface area contributed by atoms with Crippen LogP contribution in [0.25, 0.3) is 0 Å². The highest BCUT2D eigenvalue weighted by Crippen LogP contribution is 2.28. The van der Waals surface area contributed by atoms with E-state index >= 15 is 0 Å². The lowest BCUT2D eigenvalue weighted by Gasteiger charge is -2.14. The highest BCUT2D eigenvalue weighted by molar-refractivity contribution is 5.45. The van der Waals surface area contributed by atoms with Gasteiger partial charge in [-0.3, -0.25) is 0 Å². The molecule has 23 heavy (non-hydrogen) atoms. The quantitative estimate of drug-likeness (QED) is 0.697. The molecule has 0 radical (unpaired) electrons. The van der Waals surface area contributed by atoms with Crippen LogP contribution in [0.3, 0.4) is 0 Å². The van der Waals surface area contributed by atoms with Crippen LogP contribution < -0.4 is 0 Å². The summed E-state index contributed by atoms with van der Waals surface area (Å²) >= 11 is 0. The molecule has 0 aromatic heterocycles. The molecule has 0 aliphatic carbocycles. The van der Waals surface area contributed by atoms with Crippen LogP contribution in [0.5, 0.6) is 5.75 Å². The summed E-state index contributed by atoms with van der Waals surface area (Å²) in [6.07, 6.45) is 5.24. The Bertz CT molecular complexity index is 603. The molecule has 0 amide bonds.